The second kappa shape index (κ2) is 8.64. The quantitative estimate of drug-likeness (QED) is 0.396. The number of rotatable bonds is 7. The van der Waals surface area contributed by atoms with E-state index in [4.69, 9.17) is 4.74 Å². The molecule has 0 saturated heterocycles. The molecule has 0 aliphatic rings. The number of hydrogen-bond donors (Lipinski definition) is 2. The monoisotopic (exact) mass is 419 g/mol. The molecule has 0 aliphatic carbocycles. The lowest BCUT2D eigenvalue weighted by Gasteiger charge is -2.13. The van der Waals surface area contributed by atoms with Crippen LogP contribution in [0.3, 0.4) is 0 Å². The molecule has 11 heteroatoms. The summed E-state index contributed by atoms with van der Waals surface area (Å²) in [5.74, 6) is 0.0580. The summed E-state index contributed by atoms with van der Waals surface area (Å²) in [5, 5.41) is 17.1. The van der Waals surface area contributed by atoms with Gasteiger partial charge in [0.25, 0.3) is 0 Å². The number of anilines is 4. The Bertz CT molecular complexity index is 1060. The zero-order valence-corrected chi connectivity index (χ0v) is 15.6. The van der Waals surface area contributed by atoms with Crippen LogP contribution in [0, 0.1) is 10.1 Å². The smallest absolute Gasteiger partial charge is 0.416 e. The molecule has 2 aromatic carbocycles. The molecule has 0 fully saturated rings. The Balaban J connectivity index is 1.98. The first-order chi connectivity index (χ1) is 14.3. The Morgan fingerprint density at radius 3 is 2.43 bits per heavy atom. The summed E-state index contributed by atoms with van der Waals surface area (Å²) in [6, 6.07) is 11.1. The Morgan fingerprint density at radius 1 is 1.07 bits per heavy atom. The van der Waals surface area contributed by atoms with Crippen LogP contribution in [0.5, 0.6) is 5.75 Å². The van der Waals surface area contributed by atoms with Gasteiger partial charge in [0.1, 0.15) is 12.1 Å². The van der Waals surface area contributed by atoms with Crippen LogP contribution in [0.25, 0.3) is 0 Å². The third kappa shape index (κ3) is 4.74. The molecular formula is C19H16F3N5O3. The largest absolute Gasteiger partial charge is 0.492 e. The number of nitrogens with one attached hydrogen (secondary N) is 2. The van der Waals surface area contributed by atoms with Gasteiger partial charge in [-0.3, -0.25) is 10.1 Å². The maximum absolute atomic E-state index is 12.9. The summed E-state index contributed by atoms with van der Waals surface area (Å²) in [6.07, 6.45) is -3.49. The standard InChI is InChI=1S/C19H16F3N5O3/c1-2-30-15-9-4-3-8-14(15)26-18-16(27(28)29)17(23-11-24-18)25-13-7-5-6-12(10-13)19(20,21)22/h3-11H,2H2,1H3,(H2,23,24,25,26). The summed E-state index contributed by atoms with van der Waals surface area (Å²) in [4.78, 5) is 18.7. The molecule has 1 aromatic heterocycles. The third-order valence-corrected chi connectivity index (χ3v) is 3.90. The highest BCUT2D eigenvalue weighted by Crippen LogP contribution is 2.36. The lowest BCUT2D eigenvalue weighted by molar-refractivity contribution is -0.383. The minimum atomic E-state index is -4.55. The lowest BCUT2D eigenvalue weighted by Crippen LogP contribution is -2.08. The van der Waals surface area contributed by atoms with Gasteiger partial charge in [0.15, 0.2) is 0 Å². The van der Waals surface area contributed by atoms with E-state index in [-0.39, 0.29) is 17.3 Å². The van der Waals surface area contributed by atoms with Gasteiger partial charge in [0.05, 0.1) is 22.8 Å². The van der Waals surface area contributed by atoms with Gasteiger partial charge in [0.2, 0.25) is 11.6 Å². The molecule has 0 bridgehead atoms. The Kier molecular flexibility index (Phi) is 6.00. The predicted octanol–water partition coefficient (Wildman–Crippen LogP) is 5.29. The van der Waals surface area contributed by atoms with E-state index in [0.29, 0.717) is 18.0 Å². The van der Waals surface area contributed by atoms with Gasteiger partial charge in [-0.25, -0.2) is 9.97 Å². The van der Waals surface area contributed by atoms with Gasteiger partial charge in [-0.05, 0) is 37.3 Å². The molecule has 30 heavy (non-hydrogen) atoms. The molecule has 0 unspecified atom stereocenters. The average Bonchev–Trinajstić information content (AvgIpc) is 2.69. The molecule has 8 nitrogen and oxygen atoms in total. The lowest BCUT2D eigenvalue weighted by atomic mass is 10.2. The van der Waals surface area contributed by atoms with Crippen molar-refractivity contribution in [1.82, 2.24) is 9.97 Å². The Labute approximate surface area is 168 Å². The average molecular weight is 419 g/mol. The van der Waals surface area contributed by atoms with E-state index in [9.17, 15) is 23.3 Å². The van der Waals surface area contributed by atoms with Crippen molar-refractivity contribution >= 4 is 28.7 Å². The van der Waals surface area contributed by atoms with E-state index >= 15 is 0 Å². The fourth-order valence-corrected chi connectivity index (χ4v) is 2.62. The molecule has 0 radical (unpaired) electrons. The van der Waals surface area contributed by atoms with Crippen LogP contribution < -0.4 is 15.4 Å². The summed E-state index contributed by atoms with van der Waals surface area (Å²) < 4.78 is 44.3. The number of para-hydroxylation sites is 2. The summed E-state index contributed by atoms with van der Waals surface area (Å²) in [7, 11) is 0. The molecule has 0 aliphatic heterocycles. The number of aromatic nitrogens is 2. The van der Waals surface area contributed by atoms with Crippen LogP contribution in [0.4, 0.5) is 41.9 Å². The number of benzene rings is 2. The van der Waals surface area contributed by atoms with Crippen molar-refractivity contribution in [2.24, 2.45) is 0 Å². The molecule has 0 atom stereocenters. The van der Waals surface area contributed by atoms with Crippen LogP contribution in [0.1, 0.15) is 12.5 Å². The first-order valence-electron chi connectivity index (χ1n) is 8.72. The number of nitro groups is 1. The number of hydrogen-bond acceptors (Lipinski definition) is 7. The maximum Gasteiger partial charge on any atom is 0.416 e. The van der Waals surface area contributed by atoms with E-state index in [2.05, 4.69) is 20.6 Å². The van der Waals surface area contributed by atoms with Crippen molar-refractivity contribution in [2.75, 3.05) is 17.2 Å². The van der Waals surface area contributed by atoms with Gasteiger partial charge < -0.3 is 15.4 Å². The molecular weight excluding hydrogens is 403 g/mol. The number of ether oxygens (including phenoxy) is 1. The van der Waals surface area contributed by atoms with E-state index in [1.165, 1.54) is 12.1 Å². The molecule has 1 heterocycles. The van der Waals surface area contributed by atoms with Crippen molar-refractivity contribution in [3.8, 4) is 5.75 Å². The molecule has 0 spiro atoms. The number of halogens is 3. The zero-order valence-electron chi connectivity index (χ0n) is 15.6. The topological polar surface area (TPSA) is 102 Å². The van der Waals surface area contributed by atoms with Crippen LogP contribution in [-0.2, 0) is 6.18 Å². The van der Waals surface area contributed by atoms with Crippen molar-refractivity contribution in [3.05, 3.63) is 70.5 Å². The summed E-state index contributed by atoms with van der Waals surface area (Å²) in [5.41, 5.74) is -0.993. The molecule has 3 rings (SSSR count). The molecule has 0 saturated carbocycles. The van der Waals surface area contributed by atoms with E-state index in [1.54, 1.807) is 31.2 Å². The van der Waals surface area contributed by atoms with Crippen LogP contribution in [-0.4, -0.2) is 21.5 Å². The van der Waals surface area contributed by atoms with Crippen molar-refractivity contribution in [2.45, 2.75) is 13.1 Å². The fraction of sp³-hybridized carbons (Fsp3) is 0.158. The molecule has 3 aromatic rings. The second-order valence-electron chi connectivity index (χ2n) is 5.93. The Morgan fingerprint density at radius 2 is 1.77 bits per heavy atom. The second-order valence-corrected chi connectivity index (χ2v) is 5.93. The Hall–Kier alpha value is -3.89. The van der Waals surface area contributed by atoms with Gasteiger partial charge in [0, 0.05) is 5.69 Å². The zero-order chi connectivity index (χ0) is 21.7. The number of alkyl halides is 3. The highest BCUT2D eigenvalue weighted by atomic mass is 19.4. The minimum absolute atomic E-state index is 0.00714. The first kappa shape index (κ1) is 20.8. The maximum atomic E-state index is 12.9. The van der Waals surface area contributed by atoms with Gasteiger partial charge in [-0.1, -0.05) is 18.2 Å². The van der Waals surface area contributed by atoms with Gasteiger partial charge in [-0.2, -0.15) is 13.2 Å². The van der Waals surface area contributed by atoms with E-state index in [1.807, 2.05) is 0 Å². The van der Waals surface area contributed by atoms with Gasteiger partial charge >= 0.3 is 11.9 Å². The van der Waals surface area contributed by atoms with Gasteiger partial charge in [-0.15, -0.1) is 0 Å². The van der Waals surface area contributed by atoms with Crippen molar-refractivity contribution in [1.29, 1.82) is 0 Å². The molecule has 2 N–H and O–H groups in total. The minimum Gasteiger partial charge on any atom is -0.492 e. The normalized spacial score (nSPS) is 11.1. The fourth-order valence-electron chi connectivity index (χ4n) is 2.62. The SMILES string of the molecule is CCOc1ccccc1Nc1ncnc(Nc2cccc(C(F)(F)F)c2)c1[N+](=O)[O-]. The van der Waals surface area contributed by atoms with Crippen LogP contribution in [0.2, 0.25) is 0 Å². The summed E-state index contributed by atoms with van der Waals surface area (Å²) >= 11 is 0. The molecule has 0 amide bonds. The van der Waals surface area contributed by atoms with Crippen molar-refractivity contribution in [3.63, 3.8) is 0 Å². The predicted molar refractivity (Wildman–Crippen MR) is 104 cm³/mol. The van der Waals surface area contributed by atoms with Crippen LogP contribution >= 0.6 is 0 Å². The molecule has 156 valence electrons. The van der Waals surface area contributed by atoms with E-state index < -0.39 is 22.4 Å². The highest BCUT2D eigenvalue weighted by molar-refractivity contribution is 5.78. The third-order valence-electron chi connectivity index (χ3n) is 3.90. The highest BCUT2D eigenvalue weighted by Gasteiger charge is 2.31. The van der Waals surface area contributed by atoms with Crippen LogP contribution in [0.15, 0.2) is 54.9 Å². The van der Waals surface area contributed by atoms with E-state index in [0.717, 1.165) is 18.5 Å². The van der Waals surface area contributed by atoms with Crippen molar-refractivity contribution < 1.29 is 22.8 Å². The number of nitrogens with zero attached hydrogens (tertiary/aromatic N) is 3. The summed E-state index contributed by atoms with van der Waals surface area (Å²) in [6.45, 7) is 2.17. The first-order valence-corrected chi connectivity index (χ1v) is 8.72.